The minimum Gasteiger partial charge on any atom is -0.468 e. The summed E-state index contributed by atoms with van der Waals surface area (Å²) in [6, 6.07) is 1.12. The van der Waals surface area contributed by atoms with E-state index in [0.717, 1.165) is 23.0 Å². The molecule has 8 heteroatoms. The molecule has 20 heavy (non-hydrogen) atoms. The van der Waals surface area contributed by atoms with Crippen molar-refractivity contribution in [2.45, 2.75) is 44.6 Å². The molecule has 0 saturated carbocycles. The molecule has 0 fully saturated rings. The van der Waals surface area contributed by atoms with Gasteiger partial charge in [-0.15, -0.1) is 0 Å². The molecule has 0 aromatic carbocycles. The van der Waals surface area contributed by atoms with Crippen LogP contribution < -0.4 is 0 Å². The Hall–Kier alpha value is 0.194. The van der Waals surface area contributed by atoms with Crippen LogP contribution in [0.4, 0.5) is 0 Å². The Kier molecular flexibility index (Phi) is 13.0. The maximum absolute atomic E-state index is 9.91. The quantitative estimate of drug-likeness (QED) is 0.259. The number of hydrogen-bond donors (Lipinski definition) is 3. The maximum Gasteiger partial charge on any atom is 0.145 e. The summed E-state index contributed by atoms with van der Waals surface area (Å²) in [5.41, 5.74) is 0. The van der Waals surface area contributed by atoms with Crippen LogP contribution in [0.3, 0.4) is 0 Å². The lowest BCUT2D eigenvalue weighted by Crippen LogP contribution is -2.42. The Morgan fingerprint density at radius 3 is 2.20 bits per heavy atom. The van der Waals surface area contributed by atoms with E-state index in [1.165, 1.54) is 0 Å². The molecule has 3 atom stereocenters. The summed E-state index contributed by atoms with van der Waals surface area (Å²) in [4.78, 5) is 1.85. The molecule has 0 aliphatic carbocycles. The fourth-order valence-electron chi connectivity index (χ4n) is 1.99. The molecule has 3 unspecified atom stereocenters. The smallest absolute Gasteiger partial charge is 0.145 e. The highest BCUT2D eigenvalue weighted by Crippen LogP contribution is 2.00. The lowest BCUT2D eigenvalue weighted by Gasteiger charge is -2.27. The average molecular weight is 326 g/mol. The highest BCUT2D eigenvalue weighted by Gasteiger charge is 2.15. The van der Waals surface area contributed by atoms with Gasteiger partial charge >= 0.3 is 0 Å². The van der Waals surface area contributed by atoms with Crippen LogP contribution in [-0.4, -0.2) is 91.6 Å². The van der Waals surface area contributed by atoms with Gasteiger partial charge in [0.05, 0.1) is 24.9 Å². The number of ether oxygens (including phenoxy) is 1. The molecular weight excluding hydrogens is 294 g/mol. The van der Waals surface area contributed by atoms with Crippen molar-refractivity contribution in [1.82, 2.24) is 4.90 Å². The number of hydrogen-bond acceptors (Lipinski definition) is 6. The second kappa shape index (κ2) is 12.9. The first-order valence-corrected chi connectivity index (χ1v) is 9.68. The number of rotatable bonds is 13. The molecular formula is C12H31NO5Si2. The van der Waals surface area contributed by atoms with E-state index in [0.29, 0.717) is 32.8 Å². The second-order valence-corrected chi connectivity index (χ2v) is 8.77. The summed E-state index contributed by atoms with van der Waals surface area (Å²) >= 11 is 0. The van der Waals surface area contributed by atoms with Gasteiger partial charge < -0.3 is 24.2 Å². The molecule has 0 saturated heterocycles. The lowest BCUT2D eigenvalue weighted by molar-refractivity contribution is 0.000241. The molecule has 0 radical (unpaired) electrons. The van der Waals surface area contributed by atoms with Crippen molar-refractivity contribution >= 4 is 20.2 Å². The molecule has 0 aromatic heterocycles. The summed E-state index contributed by atoms with van der Waals surface area (Å²) in [6.07, 6.45) is -0.569. The van der Waals surface area contributed by atoms with E-state index in [1.54, 1.807) is 13.8 Å². The molecule has 0 amide bonds. The Labute approximate surface area is 127 Å². The normalized spacial score (nSPS) is 17.1. The van der Waals surface area contributed by atoms with Crippen molar-refractivity contribution in [3.63, 3.8) is 0 Å². The topological polar surface area (TPSA) is 82.4 Å². The van der Waals surface area contributed by atoms with Crippen molar-refractivity contribution in [1.29, 1.82) is 0 Å². The van der Waals surface area contributed by atoms with Gasteiger partial charge in [-0.1, -0.05) is 0 Å². The lowest BCUT2D eigenvalue weighted by atomic mass is 10.2. The summed E-state index contributed by atoms with van der Waals surface area (Å²) < 4.78 is 10.6. The number of nitrogens with zero attached hydrogens (tertiary/aromatic N) is 1. The van der Waals surface area contributed by atoms with Gasteiger partial charge in [-0.2, -0.15) is 0 Å². The highest BCUT2D eigenvalue weighted by atomic mass is 28.3. The van der Waals surface area contributed by atoms with E-state index in [2.05, 4.69) is 0 Å². The van der Waals surface area contributed by atoms with Gasteiger partial charge in [0.25, 0.3) is 0 Å². The predicted octanol–water partition coefficient (Wildman–Crippen LogP) is -2.38. The van der Waals surface area contributed by atoms with Crippen LogP contribution in [0.25, 0.3) is 0 Å². The van der Waals surface area contributed by atoms with Gasteiger partial charge in [-0.05, 0) is 26.3 Å². The largest absolute Gasteiger partial charge is 0.468 e. The van der Waals surface area contributed by atoms with Crippen LogP contribution in [0.2, 0.25) is 6.04 Å². The van der Waals surface area contributed by atoms with Crippen LogP contribution in [0.5, 0.6) is 0 Å². The van der Waals surface area contributed by atoms with Gasteiger partial charge in [0.2, 0.25) is 0 Å². The maximum atomic E-state index is 9.91. The molecule has 3 N–H and O–H groups in total. The number of aliphatic hydroxyl groups is 3. The molecule has 0 aliphatic heterocycles. The minimum atomic E-state index is -0.598. The summed E-state index contributed by atoms with van der Waals surface area (Å²) in [7, 11) is 0.521. The predicted molar refractivity (Wildman–Crippen MR) is 85.6 cm³/mol. The molecule has 0 bridgehead atoms. The zero-order valence-corrected chi connectivity index (χ0v) is 16.4. The Morgan fingerprint density at radius 2 is 1.70 bits per heavy atom. The van der Waals surface area contributed by atoms with Crippen molar-refractivity contribution in [2.24, 2.45) is 0 Å². The average Bonchev–Trinajstić information content (AvgIpc) is 2.31. The SMILES string of the molecule is CC(O)CN(CC(C)O)CC(O)COCCC[SiH2]O[SiH3]. The third-order valence-corrected chi connectivity index (χ3v) is 5.13. The number of aliphatic hydroxyl groups excluding tert-OH is 3. The minimum absolute atomic E-state index is 0.291. The van der Waals surface area contributed by atoms with Gasteiger partial charge in [0, 0.05) is 26.2 Å². The van der Waals surface area contributed by atoms with Crippen LogP contribution in [0.1, 0.15) is 20.3 Å². The van der Waals surface area contributed by atoms with Crippen molar-refractivity contribution in [3.8, 4) is 0 Å². The molecule has 0 rings (SSSR count). The van der Waals surface area contributed by atoms with E-state index >= 15 is 0 Å². The van der Waals surface area contributed by atoms with Crippen molar-refractivity contribution < 1.29 is 24.2 Å². The van der Waals surface area contributed by atoms with Gasteiger partial charge in [-0.3, -0.25) is 4.90 Å². The van der Waals surface area contributed by atoms with E-state index in [4.69, 9.17) is 8.85 Å². The Morgan fingerprint density at radius 1 is 1.10 bits per heavy atom. The summed E-state index contributed by atoms with van der Waals surface area (Å²) in [5, 5.41) is 28.7. The third-order valence-electron chi connectivity index (χ3n) is 2.71. The van der Waals surface area contributed by atoms with Crippen LogP contribution in [-0.2, 0) is 8.85 Å². The monoisotopic (exact) mass is 325 g/mol. The van der Waals surface area contributed by atoms with Crippen molar-refractivity contribution in [2.75, 3.05) is 32.8 Å². The molecule has 0 aromatic rings. The van der Waals surface area contributed by atoms with Gasteiger partial charge in [0.1, 0.15) is 20.2 Å². The van der Waals surface area contributed by atoms with Gasteiger partial charge in [0.15, 0.2) is 0 Å². The Balaban J connectivity index is 3.79. The van der Waals surface area contributed by atoms with Crippen LogP contribution in [0, 0.1) is 0 Å². The van der Waals surface area contributed by atoms with E-state index in [-0.39, 0.29) is 9.76 Å². The fourth-order valence-corrected chi connectivity index (χ4v) is 3.55. The third kappa shape index (κ3) is 13.2. The van der Waals surface area contributed by atoms with E-state index < -0.39 is 18.3 Å². The molecule has 122 valence electrons. The highest BCUT2D eigenvalue weighted by molar-refractivity contribution is 6.34. The fraction of sp³-hybridized carbons (Fsp3) is 1.00. The molecule has 0 heterocycles. The van der Waals surface area contributed by atoms with Gasteiger partial charge in [-0.25, -0.2) is 0 Å². The van der Waals surface area contributed by atoms with Crippen LogP contribution in [0.15, 0.2) is 0 Å². The molecule has 6 nitrogen and oxygen atoms in total. The summed E-state index contributed by atoms with van der Waals surface area (Å²) in [6.45, 7) is 5.60. The second-order valence-electron chi connectivity index (χ2n) is 5.35. The van der Waals surface area contributed by atoms with Crippen LogP contribution >= 0.6 is 0 Å². The van der Waals surface area contributed by atoms with E-state index in [1.807, 2.05) is 4.90 Å². The zero-order valence-electron chi connectivity index (χ0n) is 13.0. The standard InChI is InChI=1S/C12H31NO5Si2/c1-10(14)6-13(7-11(2)15)8-12(16)9-17-4-3-5-20-18-19/h10-12,14-16H,3-9,20H2,1-2,19H3. The molecule has 0 spiro atoms. The van der Waals surface area contributed by atoms with Crippen molar-refractivity contribution in [3.05, 3.63) is 0 Å². The Bertz CT molecular complexity index is 212. The van der Waals surface area contributed by atoms with E-state index in [9.17, 15) is 15.3 Å². The summed E-state index contributed by atoms with van der Waals surface area (Å²) in [5.74, 6) is 0. The first kappa shape index (κ1) is 20.2. The molecule has 0 aliphatic rings. The zero-order chi connectivity index (χ0) is 15.4. The first-order chi connectivity index (χ1) is 9.45. The first-order valence-electron chi connectivity index (χ1n) is 7.29.